The number of aliphatic hydroxyl groups excluding tert-OH is 1. The van der Waals surface area contributed by atoms with Gasteiger partial charge in [-0.3, -0.25) is 9.59 Å². The Balaban J connectivity index is 1.83. The highest BCUT2D eigenvalue weighted by Gasteiger charge is 2.46. The summed E-state index contributed by atoms with van der Waals surface area (Å²) >= 11 is 0. The summed E-state index contributed by atoms with van der Waals surface area (Å²) < 4.78 is 13.0. The van der Waals surface area contributed by atoms with Crippen molar-refractivity contribution in [1.29, 1.82) is 0 Å². The van der Waals surface area contributed by atoms with Crippen LogP contribution < -0.4 is 4.74 Å². The number of Topliss-reactive ketones (excluding diaryl/α,β-unsaturated/α-hetero) is 1. The lowest BCUT2D eigenvalue weighted by atomic mass is 9.96. The van der Waals surface area contributed by atoms with E-state index in [2.05, 4.69) is 18.8 Å². The van der Waals surface area contributed by atoms with Gasteiger partial charge in [0.25, 0.3) is 11.7 Å². The largest absolute Gasteiger partial charge is 0.505 e. The van der Waals surface area contributed by atoms with Crippen LogP contribution in [0.15, 0.2) is 48.2 Å². The molecule has 0 bridgehead atoms. The molecule has 190 valence electrons. The van der Waals surface area contributed by atoms with E-state index < -0.39 is 17.7 Å². The van der Waals surface area contributed by atoms with Gasteiger partial charge in [0.1, 0.15) is 17.1 Å². The first kappa shape index (κ1) is 25.4. The topological polar surface area (TPSA) is 93.4 Å². The Morgan fingerprint density at radius 1 is 1.14 bits per heavy atom. The van der Waals surface area contributed by atoms with Crippen LogP contribution in [0, 0.1) is 19.8 Å². The molecule has 1 amide bonds. The van der Waals surface area contributed by atoms with Gasteiger partial charge in [-0.15, -0.1) is 0 Å². The standard InChI is InChI=1S/C28H33N3O5/c1-17(2)11-14-36-21-10-6-9-20(16-21)24-22(26(33)28(34)31(24)13-15-35-5)25(32)23-19(4)30-12-7-8-18(3)27(30)29-23/h6-10,12,16-17,24,32H,11,13-15H2,1-5H3/b25-22+. The molecule has 36 heavy (non-hydrogen) atoms. The van der Waals surface area contributed by atoms with Crippen molar-refractivity contribution in [3.63, 3.8) is 0 Å². The lowest BCUT2D eigenvalue weighted by Crippen LogP contribution is -2.32. The van der Waals surface area contributed by atoms with Crippen LogP contribution in [0.3, 0.4) is 0 Å². The maximum absolute atomic E-state index is 13.3. The fraction of sp³-hybridized carbons (Fsp3) is 0.393. The summed E-state index contributed by atoms with van der Waals surface area (Å²) in [6.07, 6.45) is 2.76. The van der Waals surface area contributed by atoms with E-state index in [0.29, 0.717) is 35.2 Å². The Kier molecular flexibility index (Phi) is 7.45. The molecule has 1 atom stereocenters. The third kappa shape index (κ3) is 4.73. The number of likely N-dealkylation sites (tertiary alicyclic amines) is 1. The summed E-state index contributed by atoms with van der Waals surface area (Å²) in [5.41, 5.74) is 3.26. The lowest BCUT2D eigenvalue weighted by molar-refractivity contribution is -0.140. The van der Waals surface area contributed by atoms with Crippen LogP contribution in [-0.2, 0) is 14.3 Å². The number of pyridine rings is 1. The number of methoxy groups -OCH3 is 1. The van der Waals surface area contributed by atoms with Crippen LogP contribution >= 0.6 is 0 Å². The number of ether oxygens (including phenoxy) is 2. The molecule has 3 aromatic rings. The van der Waals surface area contributed by atoms with Crippen molar-refractivity contribution >= 4 is 23.1 Å². The Labute approximate surface area is 211 Å². The molecule has 8 nitrogen and oxygen atoms in total. The summed E-state index contributed by atoms with van der Waals surface area (Å²) in [5.74, 6) is -0.558. The van der Waals surface area contributed by atoms with Gasteiger partial charge in [-0.2, -0.15) is 0 Å². The molecule has 1 N–H and O–H groups in total. The summed E-state index contributed by atoms with van der Waals surface area (Å²) in [7, 11) is 1.54. The number of carbonyl (C=O) groups is 2. The number of hydrogen-bond acceptors (Lipinski definition) is 6. The smallest absolute Gasteiger partial charge is 0.295 e. The number of aryl methyl sites for hydroxylation is 2. The van der Waals surface area contributed by atoms with Crippen LogP contribution in [0.25, 0.3) is 11.4 Å². The van der Waals surface area contributed by atoms with Gasteiger partial charge in [0, 0.05) is 19.9 Å². The number of aliphatic hydroxyl groups is 1. The molecular weight excluding hydrogens is 458 g/mol. The van der Waals surface area contributed by atoms with E-state index >= 15 is 0 Å². The molecule has 4 rings (SSSR count). The second-order valence-corrected chi connectivity index (χ2v) is 9.52. The summed E-state index contributed by atoms with van der Waals surface area (Å²) in [6, 6.07) is 10.4. The molecule has 1 fully saturated rings. The van der Waals surface area contributed by atoms with Crippen LogP contribution in [0.5, 0.6) is 5.75 Å². The van der Waals surface area contributed by atoms with Crippen molar-refractivity contribution < 1.29 is 24.2 Å². The van der Waals surface area contributed by atoms with Gasteiger partial charge >= 0.3 is 0 Å². The highest BCUT2D eigenvalue weighted by molar-refractivity contribution is 6.46. The molecule has 8 heteroatoms. The molecule has 2 aromatic heterocycles. The van der Waals surface area contributed by atoms with Gasteiger partial charge in [0.2, 0.25) is 0 Å². The minimum Gasteiger partial charge on any atom is -0.505 e. The number of rotatable bonds is 9. The Morgan fingerprint density at radius 2 is 1.92 bits per heavy atom. The van der Waals surface area contributed by atoms with Crippen molar-refractivity contribution in [3.8, 4) is 5.75 Å². The SMILES string of the molecule is COCCN1C(=O)C(=O)/C(=C(/O)c2nc3c(C)cccn3c2C)C1c1cccc(OCCC(C)C)c1. The normalized spacial score (nSPS) is 17.5. The molecule has 0 saturated carbocycles. The van der Waals surface area contributed by atoms with Crippen LogP contribution in [0.4, 0.5) is 0 Å². The first-order valence-corrected chi connectivity index (χ1v) is 12.2. The number of fused-ring (bicyclic) bond motifs is 1. The van der Waals surface area contributed by atoms with Crippen molar-refractivity contribution in [3.05, 3.63) is 70.7 Å². The maximum atomic E-state index is 13.3. The predicted octanol–water partition coefficient (Wildman–Crippen LogP) is 4.44. The number of carbonyl (C=O) groups excluding carboxylic acids is 2. The van der Waals surface area contributed by atoms with Gasteiger partial charge in [-0.1, -0.05) is 32.0 Å². The minimum atomic E-state index is -0.792. The number of hydrogen-bond donors (Lipinski definition) is 1. The van der Waals surface area contributed by atoms with Crippen molar-refractivity contribution in [2.45, 2.75) is 40.2 Å². The number of benzene rings is 1. The summed E-state index contributed by atoms with van der Waals surface area (Å²) in [5, 5.41) is 11.5. The maximum Gasteiger partial charge on any atom is 0.295 e. The summed E-state index contributed by atoms with van der Waals surface area (Å²) in [4.78, 5) is 32.5. The Bertz CT molecular complexity index is 1320. The van der Waals surface area contributed by atoms with Crippen molar-refractivity contribution in [2.75, 3.05) is 26.9 Å². The van der Waals surface area contributed by atoms with Gasteiger partial charge in [-0.25, -0.2) is 4.98 Å². The molecule has 3 heterocycles. The van der Waals surface area contributed by atoms with E-state index in [1.807, 2.05) is 60.8 Å². The Morgan fingerprint density at radius 3 is 2.61 bits per heavy atom. The van der Waals surface area contributed by atoms with E-state index in [1.54, 1.807) is 0 Å². The van der Waals surface area contributed by atoms with Crippen molar-refractivity contribution in [1.82, 2.24) is 14.3 Å². The third-order valence-electron chi connectivity index (χ3n) is 6.52. The van der Waals surface area contributed by atoms with Gasteiger partial charge in [-0.05, 0) is 55.5 Å². The predicted molar refractivity (Wildman–Crippen MR) is 137 cm³/mol. The zero-order chi connectivity index (χ0) is 26.0. The van der Waals surface area contributed by atoms with Crippen LogP contribution in [-0.4, -0.2) is 57.9 Å². The van der Waals surface area contributed by atoms with E-state index in [9.17, 15) is 14.7 Å². The third-order valence-corrected chi connectivity index (χ3v) is 6.52. The van der Waals surface area contributed by atoms with Crippen LogP contribution in [0.1, 0.15) is 48.8 Å². The quantitative estimate of drug-likeness (QED) is 0.270. The van der Waals surface area contributed by atoms with E-state index in [0.717, 1.165) is 12.0 Å². The second-order valence-electron chi connectivity index (χ2n) is 9.52. The zero-order valence-corrected chi connectivity index (χ0v) is 21.4. The molecular formula is C28H33N3O5. The molecule has 1 aliphatic rings. The fourth-order valence-corrected chi connectivity index (χ4v) is 4.51. The first-order chi connectivity index (χ1) is 17.2. The second kappa shape index (κ2) is 10.5. The molecule has 0 radical (unpaired) electrons. The molecule has 1 aromatic carbocycles. The number of ketones is 1. The number of imidazole rings is 1. The zero-order valence-electron chi connectivity index (χ0n) is 21.4. The number of nitrogens with zero attached hydrogens (tertiary/aromatic N) is 3. The Hall–Kier alpha value is -3.65. The average Bonchev–Trinajstić information content (AvgIpc) is 3.32. The average molecular weight is 492 g/mol. The molecule has 1 aliphatic heterocycles. The lowest BCUT2D eigenvalue weighted by Gasteiger charge is -2.25. The highest BCUT2D eigenvalue weighted by Crippen LogP contribution is 2.40. The van der Waals surface area contributed by atoms with Crippen molar-refractivity contribution in [2.24, 2.45) is 5.92 Å². The molecule has 0 aliphatic carbocycles. The fourth-order valence-electron chi connectivity index (χ4n) is 4.51. The van der Waals surface area contributed by atoms with E-state index in [4.69, 9.17) is 9.47 Å². The summed E-state index contributed by atoms with van der Waals surface area (Å²) in [6.45, 7) is 9.03. The highest BCUT2D eigenvalue weighted by atomic mass is 16.5. The monoisotopic (exact) mass is 491 g/mol. The van der Waals surface area contributed by atoms with E-state index in [1.165, 1.54) is 12.0 Å². The first-order valence-electron chi connectivity index (χ1n) is 12.2. The molecule has 1 unspecified atom stereocenters. The van der Waals surface area contributed by atoms with Gasteiger partial charge in [0.05, 0.1) is 30.5 Å². The van der Waals surface area contributed by atoms with E-state index in [-0.39, 0.29) is 30.2 Å². The van der Waals surface area contributed by atoms with Crippen LogP contribution in [0.2, 0.25) is 0 Å². The van der Waals surface area contributed by atoms with Gasteiger partial charge < -0.3 is 23.9 Å². The minimum absolute atomic E-state index is 0.0135. The van der Waals surface area contributed by atoms with Gasteiger partial charge in [0.15, 0.2) is 5.76 Å². The molecule has 0 spiro atoms. The number of aromatic nitrogens is 2. The number of amides is 1. The molecule has 1 saturated heterocycles.